The molecule has 0 radical (unpaired) electrons. The van der Waals surface area contributed by atoms with Crippen molar-refractivity contribution in [1.29, 1.82) is 0 Å². The van der Waals surface area contributed by atoms with Crippen LogP contribution in [-0.4, -0.2) is 73.2 Å². The van der Waals surface area contributed by atoms with Crippen molar-refractivity contribution in [1.82, 2.24) is 15.1 Å². The number of rotatable bonds is 5. The van der Waals surface area contributed by atoms with E-state index < -0.39 is 0 Å². The zero-order valence-electron chi connectivity index (χ0n) is 16.3. The number of carbonyl (C=O) groups excluding carboxylic acids is 1. The number of hydrogen-bond acceptors (Lipinski definition) is 4. The van der Waals surface area contributed by atoms with Gasteiger partial charge < -0.3 is 20.2 Å². The van der Waals surface area contributed by atoms with Crippen molar-refractivity contribution in [2.45, 2.75) is 51.6 Å². The molecule has 26 heavy (non-hydrogen) atoms. The summed E-state index contributed by atoms with van der Waals surface area (Å²) in [6.45, 7) is 7.53. The average molecular weight is 410 g/mol. The molecule has 3 fully saturated rings. The molecule has 3 atom stereocenters. The zero-order chi connectivity index (χ0) is 17.2. The Bertz CT molecular complexity index is 445. The standard InChI is InChI=1S/C19H35N3O2.2ClH/c1-15(23)12-22-9-6-16(7-10-22)13-21(2)18(24)19-8-4-3-5-17(19)11-20-14-19;;/h15-17,20,23H,3-14H2,1-2H3;2*1H/t15?,17-,19+;;/m0../s1. The Morgan fingerprint density at radius 3 is 2.62 bits per heavy atom. The van der Waals surface area contributed by atoms with Crippen LogP contribution in [0.5, 0.6) is 0 Å². The molecular weight excluding hydrogens is 373 g/mol. The van der Waals surface area contributed by atoms with Crippen LogP contribution < -0.4 is 5.32 Å². The molecule has 2 N–H and O–H groups in total. The smallest absolute Gasteiger partial charge is 0.230 e. The lowest BCUT2D eigenvalue weighted by Gasteiger charge is -2.41. The minimum absolute atomic E-state index is 0. The van der Waals surface area contributed by atoms with Crippen molar-refractivity contribution in [3.8, 4) is 0 Å². The fourth-order valence-electron chi connectivity index (χ4n) is 5.24. The van der Waals surface area contributed by atoms with Crippen LogP contribution in [-0.2, 0) is 4.79 Å². The molecule has 7 heteroatoms. The third-order valence-corrected chi connectivity index (χ3v) is 6.57. The summed E-state index contributed by atoms with van der Waals surface area (Å²) in [6.07, 6.45) is 6.80. The monoisotopic (exact) mass is 409 g/mol. The first-order valence-electron chi connectivity index (χ1n) is 9.88. The predicted octanol–water partition coefficient (Wildman–Crippen LogP) is 2.16. The number of aliphatic hydroxyl groups excluding tert-OH is 1. The molecule has 0 aromatic carbocycles. The predicted molar refractivity (Wildman–Crippen MR) is 110 cm³/mol. The highest BCUT2D eigenvalue weighted by atomic mass is 35.5. The number of nitrogens with one attached hydrogen (secondary N) is 1. The molecule has 2 aliphatic heterocycles. The lowest BCUT2D eigenvalue weighted by atomic mass is 9.67. The van der Waals surface area contributed by atoms with E-state index in [1.807, 2.05) is 18.9 Å². The summed E-state index contributed by atoms with van der Waals surface area (Å²) in [6, 6.07) is 0. The lowest BCUT2D eigenvalue weighted by molar-refractivity contribution is -0.144. The summed E-state index contributed by atoms with van der Waals surface area (Å²) in [5.74, 6) is 1.55. The molecule has 1 aliphatic carbocycles. The Morgan fingerprint density at radius 1 is 1.27 bits per heavy atom. The molecule has 2 heterocycles. The minimum atomic E-state index is -0.247. The Balaban J connectivity index is 0.00000169. The van der Waals surface area contributed by atoms with Crippen LogP contribution in [0.4, 0.5) is 0 Å². The van der Waals surface area contributed by atoms with Gasteiger partial charge in [-0.25, -0.2) is 0 Å². The molecule has 3 aliphatic rings. The molecule has 1 amide bonds. The largest absolute Gasteiger partial charge is 0.392 e. The van der Waals surface area contributed by atoms with Crippen LogP contribution in [0.3, 0.4) is 0 Å². The molecule has 0 aromatic rings. The van der Waals surface area contributed by atoms with Gasteiger partial charge in [0, 0.05) is 26.7 Å². The van der Waals surface area contributed by atoms with Gasteiger partial charge in [-0.15, -0.1) is 24.8 Å². The summed E-state index contributed by atoms with van der Waals surface area (Å²) in [7, 11) is 2.02. The van der Waals surface area contributed by atoms with Crippen LogP contribution in [0.15, 0.2) is 0 Å². The topological polar surface area (TPSA) is 55.8 Å². The van der Waals surface area contributed by atoms with E-state index in [2.05, 4.69) is 10.2 Å². The van der Waals surface area contributed by atoms with Crippen molar-refractivity contribution in [3.05, 3.63) is 0 Å². The maximum atomic E-state index is 13.2. The molecule has 5 nitrogen and oxygen atoms in total. The van der Waals surface area contributed by atoms with Crippen LogP contribution in [0.1, 0.15) is 45.4 Å². The van der Waals surface area contributed by atoms with Gasteiger partial charge in [-0.1, -0.05) is 12.8 Å². The highest BCUT2D eigenvalue weighted by Crippen LogP contribution is 2.45. The van der Waals surface area contributed by atoms with Gasteiger partial charge in [-0.3, -0.25) is 4.79 Å². The van der Waals surface area contributed by atoms with E-state index in [4.69, 9.17) is 0 Å². The fraction of sp³-hybridized carbons (Fsp3) is 0.947. The molecule has 154 valence electrons. The molecule has 1 saturated carbocycles. The number of piperidine rings is 1. The lowest BCUT2D eigenvalue weighted by Crippen LogP contribution is -2.50. The van der Waals surface area contributed by atoms with E-state index in [-0.39, 0.29) is 36.3 Å². The SMILES string of the molecule is CC(O)CN1CCC(CN(C)C(=O)[C@@]23CCCC[C@H]2CNC3)CC1.Cl.Cl. The maximum Gasteiger partial charge on any atom is 0.230 e. The Morgan fingerprint density at radius 2 is 1.96 bits per heavy atom. The summed E-state index contributed by atoms with van der Waals surface area (Å²) in [5, 5.41) is 13.0. The van der Waals surface area contributed by atoms with Crippen molar-refractivity contribution in [2.75, 3.05) is 46.3 Å². The third kappa shape index (κ3) is 5.26. The Labute approximate surface area is 171 Å². The van der Waals surface area contributed by atoms with Crippen LogP contribution in [0, 0.1) is 17.3 Å². The Hall–Kier alpha value is -0.0700. The van der Waals surface area contributed by atoms with E-state index in [0.29, 0.717) is 17.7 Å². The van der Waals surface area contributed by atoms with Gasteiger partial charge in [0.2, 0.25) is 5.91 Å². The summed E-state index contributed by atoms with van der Waals surface area (Å²) >= 11 is 0. The van der Waals surface area contributed by atoms with Gasteiger partial charge in [0.1, 0.15) is 0 Å². The van der Waals surface area contributed by atoms with Gasteiger partial charge >= 0.3 is 0 Å². The second-order valence-corrected chi connectivity index (χ2v) is 8.51. The second-order valence-electron chi connectivity index (χ2n) is 8.51. The molecule has 0 bridgehead atoms. The van der Waals surface area contributed by atoms with E-state index in [0.717, 1.165) is 58.5 Å². The number of nitrogens with zero attached hydrogens (tertiary/aromatic N) is 2. The van der Waals surface area contributed by atoms with Gasteiger partial charge in [-0.05, 0) is 64.1 Å². The van der Waals surface area contributed by atoms with Gasteiger partial charge in [0.05, 0.1) is 11.5 Å². The number of halogens is 2. The number of fused-ring (bicyclic) bond motifs is 1. The van der Waals surface area contributed by atoms with E-state index in [1.54, 1.807) is 0 Å². The molecular formula is C19H37Cl2N3O2. The van der Waals surface area contributed by atoms with Crippen molar-refractivity contribution < 1.29 is 9.90 Å². The zero-order valence-corrected chi connectivity index (χ0v) is 17.9. The number of likely N-dealkylation sites (tertiary alicyclic amines) is 1. The molecule has 3 rings (SSSR count). The molecule has 0 spiro atoms. The second kappa shape index (κ2) is 10.5. The first-order valence-corrected chi connectivity index (χ1v) is 9.88. The van der Waals surface area contributed by atoms with Gasteiger partial charge in [-0.2, -0.15) is 0 Å². The van der Waals surface area contributed by atoms with E-state index in [1.165, 1.54) is 19.3 Å². The van der Waals surface area contributed by atoms with Crippen molar-refractivity contribution >= 4 is 30.7 Å². The molecule has 0 aromatic heterocycles. The first kappa shape index (κ1) is 24.0. The summed E-state index contributed by atoms with van der Waals surface area (Å²) in [5.41, 5.74) is -0.111. The highest BCUT2D eigenvalue weighted by Gasteiger charge is 2.50. The minimum Gasteiger partial charge on any atom is -0.392 e. The molecule has 2 saturated heterocycles. The number of hydrogen-bond donors (Lipinski definition) is 2. The normalized spacial score (nSPS) is 30.7. The van der Waals surface area contributed by atoms with Crippen LogP contribution >= 0.6 is 24.8 Å². The quantitative estimate of drug-likeness (QED) is 0.730. The molecule has 1 unspecified atom stereocenters. The van der Waals surface area contributed by atoms with E-state index >= 15 is 0 Å². The van der Waals surface area contributed by atoms with Gasteiger partial charge in [0.15, 0.2) is 0 Å². The van der Waals surface area contributed by atoms with Crippen molar-refractivity contribution in [3.63, 3.8) is 0 Å². The van der Waals surface area contributed by atoms with Crippen LogP contribution in [0.2, 0.25) is 0 Å². The van der Waals surface area contributed by atoms with Crippen LogP contribution in [0.25, 0.3) is 0 Å². The number of carbonyl (C=O) groups is 1. The number of amides is 1. The first-order chi connectivity index (χ1) is 11.5. The maximum absolute atomic E-state index is 13.2. The average Bonchev–Trinajstić information content (AvgIpc) is 3.00. The van der Waals surface area contributed by atoms with E-state index in [9.17, 15) is 9.90 Å². The number of β-amino-alcohol motifs (C(OH)–C–C–N with tert-alkyl or cyclic N) is 1. The summed E-state index contributed by atoms with van der Waals surface area (Å²) in [4.78, 5) is 17.6. The van der Waals surface area contributed by atoms with Gasteiger partial charge in [0.25, 0.3) is 0 Å². The number of aliphatic hydroxyl groups is 1. The third-order valence-electron chi connectivity index (χ3n) is 6.57. The summed E-state index contributed by atoms with van der Waals surface area (Å²) < 4.78 is 0. The fourth-order valence-corrected chi connectivity index (χ4v) is 5.24. The highest BCUT2D eigenvalue weighted by molar-refractivity contribution is 5.85. The Kier molecular flexibility index (Phi) is 9.65. The van der Waals surface area contributed by atoms with Crippen molar-refractivity contribution in [2.24, 2.45) is 17.3 Å².